The Morgan fingerprint density at radius 1 is 1.12 bits per heavy atom. The average Bonchev–Trinajstić information content (AvgIpc) is 2.35. The second-order valence-electron chi connectivity index (χ2n) is 5.45. The summed E-state index contributed by atoms with van der Waals surface area (Å²) >= 11 is 0. The third-order valence-corrected chi connectivity index (χ3v) is 4.25. The van der Waals surface area contributed by atoms with Gasteiger partial charge >= 0.3 is 0 Å². The van der Waals surface area contributed by atoms with Gasteiger partial charge in [0, 0.05) is 0 Å². The first-order chi connectivity index (χ1) is 7.92. The lowest BCUT2D eigenvalue weighted by Crippen LogP contribution is -2.14. The zero-order valence-electron chi connectivity index (χ0n) is 10.8. The molecule has 0 heterocycles. The predicted octanol–water partition coefficient (Wildman–Crippen LogP) is 5.40. The van der Waals surface area contributed by atoms with E-state index in [2.05, 4.69) is 19.1 Å². The van der Waals surface area contributed by atoms with Gasteiger partial charge in [-0.1, -0.05) is 55.9 Å². The SMILES string of the molecule is CCCCCCC1CCCC2=C1CC=CC2. The molecule has 2 aliphatic rings. The summed E-state index contributed by atoms with van der Waals surface area (Å²) in [4.78, 5) is 0. The second kappa shape index (κ2) is 6.27. The van der Waals surface area contributed by atoms with Gasteiger partial charge in [-0.25, -0.2) is 0 Å². The van der Waals surface area contributed by atoms with Crippen LogP contribution >= 0.6 is 0 Å². The topological polar surface area (TPSA) is 0 Å². The first kappa shape index (κ1) is 12.0. The van der Waals surface area contributed by atoms with Gasteiger partial charge in [0.05, 0.1) is 0 Å². The lowest BCUT2D eigenvalue weighted by molar-refractivity contribution is 0.432. The van der Waals surface area contributed by atoms with E-state index in [1.807, 2.05) is 5.57 Å². The van der Waals surface area contributed by atoms with Gasteiger partial charge in [-0.05, 0) is 44.4 Å². The van der Waals surface area contributed by atoms with E-state index >= 15 is 0 Å². The van der Waals surface area contributed by atoms with Crippen LogP contribution in [0.15, 0.2) is 23.3 Å². The van der Waals surface area contributed by atoms with Crippen molar-refractivity contribution in [1.82, 2.24) is 0 Å². The van der Waals surface area contributed by atoms with E-state index in [0.29, 0.717) is 0 Å². The average molecular weight is 218 g/mol. The first-order valence-electron chi connectivity index (χ1n) is 7.27. The molecule has 0 amide bonds. The van der Waals surface area contributed by atoms with Gasteiger partial charge in [0.2, 0.25) is 0 Å². The van der Waals surface area contributed by atoms with Gasteiger partial charge in [-0.3, -0.25) is 0 Å². The molecule has 0 N–H and O–H groups in total. The van der Waals surface area contributed by atoms with Crippen LogP contribution in [0.1, 0.15) is 71.1 Å². The van der Waals surface area contributed by atoms with Gasteiger partial charge in [0.25, 0.3) is 0 Å². The molecule has 0 radical (unpaired) electrons. The van der Waals surface area contributed by atoms with Crippen molar-refractivity contribution in [1.29, 1.82) is 0 Å². The summed E-state index contributed by atoms with van der Waals surface area (Å²) in [6, 6.07) is 0. The monoisotopic (exact) mass is 218 g/mol. The molecule has 0 saturated carbocycles. The third kappa shape index (κ3) is 2.99. The molecule has 16 heavy (non-hydrogen) atoms. The molecule has 1 atom stereocenters. The summed E-state index contributed by atoms with van der Waals surface area (Å²) in [6.07, 6.45) is 18.8. The van der Waals surface area contributed by atoms with Gasteiger partial charge in [0.15, 0.2) is 0 Å². The van der Waals surface area contributed by atoms with E-state index in [1.54, 1.807) is 5.57 Å². The van der Waals surface area contributed by atoms with Gasteiger partial charge < -0.3 is 0 Å². The summed E-state index contributed by atoms with van der Waals surface area (Å²) < 4.78 is 0. The number of hydrogen-bond donors (Lipinski definition) is 0. The normalized spacial score (nSPS) is 24.7. The Hall–Kier alpha value is -0.520. The first-order valence-corrected chi connectivity index (χ1v) is 7.27. The van der Waals surface area contributed by atoms with Gasteiger partial charge in [0.1, 0.15) is 0 Å². The highest BCUT2D eigenvalue weighted by Crippen LogP contribution is 2.39. The Bertz CT molecular complexity index is 270. The van der Waals surface area contributed by atoms with Crippen molar-refractivity contribution in [2.75, 3.05) is 0 Å². The number of allylic oxidation sites excluding steroid dienone is 4. The van der Waals surface area contributed by atoms with E-state index in [4.69, 9.17) is 0 Å². The van der Waals surface area contributed by atoms with Crippen molar-refractivity contribution in [3.63, 3.8) is 0 Å². The summed E-state index contributed by atoms with van der Waals surface area (Å²) in [7, 11) is 0. The zero-order valence-corrected chi connectivity index (χ0v) is 10.8. The van der Waals surface area contributed by atoms with E-state index in [9.17, 15) is 0 Å². The van der Waals surface area contributed by atoms with Crippen LogP contribution in [-0.4, -0.2) is 0 Å². The maximum absolute atomic E-state index is 2.39. The van der Waals surface area contributed by atoms with Crippen LogP contribution in [0, 0.1) is 5.92 Å². The highest BCUT2D eigenvalue weighted by atomic mass is 14.3. The molecule has 0 saturated heterocycles. The summed E-state index contributed by atoms with van der Waals surface area (Å²) in [6.45, 7) is 2.30. The number of hydrogen-bond acceptors (Lipinski definition) is 0. The Kier molecular flexibility index (Phi) is 4.69. The van der Waals surface area contributed by atoms with Crippen molar-refractivity contribution in [3.8, 4) is 0 Å². The Balaban J connectivity index is 1.84. The van der Waals surface area contributed by atoms with Crippen LogP contribution in [0.3, 0.4) is 0 Å². The molecule has 0 aromatic heterocycles. The summed E-state index contributed by atoms with van der Waals surface area (Å²) in [5.41, 5.74) is 3.64. The molecule has 2 rings (SSSR count). The zero-order chi connectivity index (χ0) is 11.2. The molecule has 0 aliphatic heterocycles. The number of rotatable bonds is 5. The molecule has 0 aromatic rings. The Morgan fingerprint density at radius 2 is 2.00 bits per heavy atom. The molecule has 90 valence electrons. The molecule has 2 aliphatic carbocycles. The van der Waals surface area contributed by atoms with Crippen molar-refractivity contribution >= 4 is 0 Å². The van der Waals surface area contributed by atoms with Crippen molar-refractivity contribution < 1.29 is 0 Å². The van der Waals surface area contributed by atoms with E-state index < -0.39 is 0 Å². The molecule has 0 heteroatoms. The minimum Gasteiger partial charge on any atom is -0.0841 e. The molecule has 0 spiro atoms. The van der Waals surface area contributed by atoms with Crippen LogP contribution in [0.5, 0.6) is 0 Å². The largest absolute Gasteiger partial charge is 0.0841 e. The molecule has 0 nitrogen and oxygen atoms in total. The van der Waals surface area contributed by atoms with Gasteiger partial charge in [-0.2, -0.15) is 0 Å². The van der Waals surface area contributed by atoms with Crippen LogP contribution in [-0.2, 0) is 0 Å². The maximum atomic E-state index is 2.39. The second-order valence-corrected chi connectivity index (χ2v) is 5.45. The van der Waals surface area contributed by atoms with Gasteiger partial charge in [-0.15, -0.1) is 0 Å². The summed E-state index contributed by atoms with van der Waals surface area (Å²) in [5, 5.41) is 0. The lowest BCUT2D eigenvalue weighted by atomic mass is 9.76. The fourth-order valence-electron chi connectivity index (χ4n) is 3.30. The van der Waals surface area contributed by atoms with E-state index in [1.165, 1.54) is 64.2 Å². The molecule has 1 unspecified atom stereocenters. The quantitative estimate of drug-likeness (QED) is 0.428. The summed E-state index contributed by atoms with van der Waals surface area (Å²) in [5.74, 6) is 0.950. The molecule has 0 aromatic carbocycles. The van der Waals surface area contributed by atoms with Crippen molar-refractivity contribution in [2.24, 2.45) is 5.92 Å². The lowest BCUT2D eigenvalue weighted by Gasteiger charge is -2.30. The Morgan fingerprint density at radius 3 is 2.88 bits per heavy atom. The van der Waals surface area contributed by atoms with Crippen LogP contribution in [0.2, 0.25) is 0 Å². The highest BCUT2D eigenvalue weighted by Gasteiger charge is 2.22. The third-order valence-electron chi connectivity index (χ3n) is 4.25. The van der Waals surface area contributed by atoms with Crippen LogP contribution in [0.25, 0.3) is 0 Å². The fourth-order valence-corrected chi connectivity index (χ4v) is 3.30. The molecule has 0 fully saturated rings. The molecule has 0 bridgehead atoms. The molecular weight excluding hydrogens is 192 g/mol. The minimum absolute atomic E-state index is 0.950. The highest BCUT2D eigenvalue weighted by molar-refractivity contribution is 5.28. The predicted molar refractivity (Wildman–Crippen MR) is 71.5 cm³/mol. The number of unbranched alkanes of at least 4 members (excludes halogenated alkanes) is 3. The van der Waals surface area contributed by atoms with E-state index in [0.717, 1.165) is 5.92 Å². The van der Waals surface area contributed by atoms with E-state index in [-0.39, 0.29) is 0 Å². The van der Waals surface area contributed by atoms with Crippen LogP contribution in [0.4, 0.5) is 0 Å². The van der Waals surface area contributed by atoms with Crippen molar-refractivity contribution in [3.05, 3.63) is 23.3 Å². The minimum atomic E-state index is 0.950. The fraction of sp³-hybridized carbons (Fsp3) is 0.750. The Labute approximate surface area is 101 Å². The standard InChI is InChI=1S/C16H26/c1-2-3-4-5-9-14-11-8-12-15-10-6-7-13-16(14)15/h6-7,14H,2-5,8-13H2,1H3. The van der Waals surface area contributed by atoms with Crippen LogP contribution < -0.4 is 0 Å². The molecular formula is C16H26. The smallest absolute Gasteiger partial charge is 0.0133 e. The van der Waals surface area contributed by atoms with Crippen molar-refractivity contribution in [2.45, 2.75) is 71.1 Å². The maximum Gasteiger partial charge on any atom is -0.0133 e.